The first kappa shape index (κ1) is 12.4. The van der Waals surface area contributed by atoms with Crippen molar-refractivity contribution in [2.45, 2.75) is 33.1 Å². The number of benzene rings is 1. The molecule has 1 N–H and O–H groups in total. The van der Waals surface area contributed by atoms with Crippen LogP contribution in [0.4, 0.5) is 0 Å². The third-order valence-electron chi connectivity index (χ3n) is 3.30. The van der Waals surface area contributed by atoms with Gasteiger partial charge in [0.15, 0.2) is 0 Å². The van der Waals surface area contributed by atoms with Crippen LogP contribution in [0, 0.1) is 5.41 Å². The van der Waals surface area contributed by atoms with Gasteiger partial charge in [-0.05, 0) is 42.4 Å². The van der Waals surface area contributed by atoms with Crippen molar-refractivity contribution in [3.8, 4) is 5.75 Å². The van der Waals surface area contributed by atoms with Crippen molar-refractivity contribution in [1.29, 1.82) is 0 Å². The van der Waals surface area contributed by atoms with Crippen LogP contribution in [0.15, 0.2) is 24.3 Å². The summed E-state index contributed by atoms with van der Waals surface area (Å²) in [4.78, 5) is 0. The highest BCUT2D eigenvalue weighted by molar-refractivity contribution is 6.18. The molecule has 0 saturated heterocycles. The van der Waals surface area contributed by atoms with E-state index in [9.17, 15) is 5.11 Å². The average molecular weight is 227 g/mol. The van der Waals surface area contributed by atoms with Crippen LogP contribution in [0.1, 0.15) is 32.3 Å². The molecule has 1 aromatic rings. The SMILES string of the molecule is CCC(CC)(CCl)Cc1ccc(O)cc1. The maximum atomic E-state index is 9.20. The van der Waals surface area contributed by atoms with Gasteiger partial charge in [0, 0.05) is 5.88 Å². The van der Waals surface area contributed by atoms with Gasteiger partial charge in [0.1, 0.15) is 5.75 Å². The molecule has 0 fully saturated rings. The second-order valence-electron chi connectivity index (χ2n) is 4.18. The van der Waals surface area contributed by atoms with Crippen LogP contribution in [-0.4, -0.2) is 11.0 Å². The smallest absolute Gasteiger partial charge is 0.115 e. The molecule has 1 nitrogen and oxygen atoms in total. The second kappa shape index (κ2) is 5.41. The highest BCUT2D eigenvalue weighted by Gasteiger charge is 2.25. The average Bonchev–Trinajstić information content (AvgIpc) is 2.29. The molecule has 1 aromatic carbocycles. The molecule has 0 heterocycles. The number of aromatic hydroxyl groups is 1. The number of alkyl halides is 1. The normalized spacial score (nSPS) is 11.7. The number of phenolic OH excluding ortho intramolecular Hbond substituents is 1. The van der Waals surface area contributed by atoms with Gasteiger partial charge in [0.05, 0.1) is 0 Å². The molecule has 84 valence electrons. The summed E-state index contributed by atoms with van der Waals surface area (Å²) < 4.78 is 0. The van der Waals surface area contributed by atoms with Crippen molar-refractivity contribution < 1.29 is 5.11 Å². The first-order valence-electron chi connectivity index (χ1n) is 5.49. The minimum atomic E-state index is 0.207. The van der Waals surface area contributed by atoms with Gasteiger partial charge in [-0.1, -0.05) is 26.0 Å². The fourth-order valence-electron chi connectivity index (χ4n) is 1.78. The van der Waals surface area contributed by atoms with E-state index in [1.165, 1.54) is 5.56 Å². The Bertz CT molecular complexity index is 280. The van der Waals surface area contributed by atoms with Gasteiger partial charge in [0.2, 0.25) is 0 Å². The third-order valence-corrected chi connectivity index (χ3v) is 3.87. The molecule has 0 bridgehead atoms. The van der Waals surface area contributed by atoms with E-state index in [4.69, 9.17) is 11.6 Å². The molecule has 0 aromatic heterocycles. The Morgan fingerprint density at radius 2 is 1.67 bits per heavy atom. The summed E-state index contributed by atoms with van der Waals surface area (Å²) in [6.07, 6.45) is 3.17. The van der Waals surface area contributed by atoms with E-state index in [2.05, 4.69) is 13.8 Å². The highest BCUT2D eigenvalue weighted by atomic mass is 35.5. The van der Waals surface area contributed by atoms with E-state index in [-0.39, 0.29) is 5.41 Å². The molecule has 0 saturated carbocycles. The van der Waals surface area contributed by atoms with Crippen LogP contribution in [0.5, 0.6) is 5.75 Å². The quantitative estimate of drug-likeness (QED) is 0.753. The number of hydrogen-bond donors (Lipinski definition) is 1. The summed E-state index contributed by atoms with van der Waals surface area (Å²) in [5.74, 6) is 1.02. The van der Waals surface area contributed by atoms with Crippen LogP contribution < -0.4 is 0 Å². The van der Waals surface area contributed by atoms with Gasteiger partial charge in [-0.3, -0.25) is 0 Å². The first-order chi connectivity index (χ1) is 7.15. The Kier molecular flexibility index (Phi) is 4.46. The Balaban J connectivity index is 2.78. The zero-order valence-corrected chi connectivity index (χ0v) is 10.2. The number of halogens is 1. The van der Waals surface area contributed by atoms with Gasteiger partial charge in [-0.25, -0.2) is 0 Å². The molecule has 0 atom stereocenters. The molecular weight excluding hydrogens is 208 g/mol. The van der Waals surface area contributed by atoms with E-state index < -0.39 is 0 Å². The number of rotatable bonds is 5. The highest BCUT2D eigenvalue weighted by Crippen LogP contribution is 2.32. The molecule has 0 aliphatic heterocycles. The second-order valence-corrected chi connectivity index (χ2v) is 4.45. The van der Waals surface area contributed by atoms with E-state index in [1.807, 2.05) is 12.1 Å². The standard InChI is InChI=1S/C13H19ClO/c1-3-13(4-2,10-14)9-11-5-7-12(15)8-6-11/h5-8,15H,3-4,9-10H2,1-2H3. The molecule has 0 amide bonds. The maximum absolute atomic E-state index is 9.20. The molecule has 0 aliphatic rings. The molecule has 2 heteroatoms. The summed E-state index contributed by atoms with van der Waals surface area (Å²) >= 11 is 6.06. The van der Waals surface area contributed by atoms with Crippen LogP contribution in [0.2, 0.25) is 0 Å². The molecule has 0 unspecified atom stereocenters. The lowest BCUT2D eigenvalue weighted by Crippen LogP contribution is -2.23. The fraction of sp³-hybridized carbons (Fsp3) is 0.538. The van der Waals surface area contributed by atoms with Crippen molar-refractivity contribution in [2.24, 2.45) is 5.41 Å². The Hall–Kier alpha value is -0.690. The summed E-state index contributed by atoms with van der Waals surface area (Å²) in [5, 5.41) is 9.20. The first-order valence-corrected chi connectivity index (χ1v) is 6.03. The van der Waals surface area contributed by atoms with Crippen molar-refractivity contribution >= 4 is 11.6 Å². The van der Waals surface area contributed by atoms with E-state index >= 15 is 0 Å². The van der Waals surface area contributed by atoms with Gasteiger partial charge in [-0.15, -0.1) is 11.6 Å². The van der Waals surface area contributed by atoms with Gasteiger partial charge in [-0.2, -0.15) is 0 Å². The van der Waals surface area contributed by atoms with E-state index in [0.29, 0.717) is 11.6 Å². The van der Waals surface area contributed by atoms with Crippen molar-refractivity contribution in [2.75, 3.05) is 5.88 Å². The van der Waals surface area contributed by atoms with Crippen molar-refractivity contribution in [3.05, 3.63) is 29.8 Å². The Morgan fingerprint density at radius 1 is 1.13 bits per heavy atom. The summed E-state index contributed by atoms with van der Waals surface area (Å²) in [6.45, 7) is 4.37. The lowest BCUT2D eigenvalue weighted by molar-refractivity contribution is 0.301. The Labute approximate surface area is 97.1 Å². The molecule has 0 radical (unpaired) electrons. The number of hydrogen-bond acceptors (Lipinski definition) is 1. The zero-order chi connectivity index (χ0) is 11.3. The molecule has 1 rings (SSSR count). The van der Waals surface area contributed by atoms with Crippen LogP contribution in [0.25, 0.3) is 0 Å². The zero-order valence-electron chi connectivity index (χ0n) is 9.46. The summed E-state index contributed by atoms with van der Waals surface area (Å²) in [7, 11) is 0. The van der Waals surface area contributed by atoms with Crippen LogP contribution in [0.3, 0.4) is 0 Å². The molecule has 0 aliphatic carbocycles. The maximum Gasteiger partial charge on any atom is 0.115 e. The molecule has 15 heavy (non-hydrogen) atoms. The van der Waals surface area contributed by atoms with Crippen LogP contribution in [-0.2, 0) is 6.42 Å². The molecule has 0 spiro atoms. The topological polar surface area (TPSA) is 20.2 Å². The van der Waals surface area contributed by atoms with E-state index in [1.54, 1.807) is 12.1 Å². The van der Waals surface area contributed by atoms with Gasteiger partial charge >= 0.3 is 0 Å². The predicted molar refractivity (Wildman–Crippen MR) is 65.5 cm³/mol. The van der Waals surface area contributed by atoms with Crippen molar-refractivity contribution in [3.63, 3.8) is 0 Å². The summed E-state index contributed by atoms with van der Waals surface area (Å²) in [6, 6.07) is 7.42. The minimum absolute atomic E-state index is 0.207. The Morgan fingerprint density at radius 3 is 2.07 bits per heavy atom. The van der Waals surface area contributed by atoms with E-state index in [0.717, 1.165) is 19.3 Å². The van der Waals surface area contributed by atoms with Crippen molar-refractivity contribution in [1.82, 2.24) is 0 Å². The third kappa shape index (κ3) is 3.13. The summed E-state index contributed by atoms with van der Waals surface area (Å²) in [5.41, 5.74) is 1.45. The van der Waals surface area contributed by atoms with Gasteiger partial charge in [0.25, 0.3) is 0 Å². The predicted octanol–water partition coefficient (Wildman–Crippen LogP) is 3.98. The minimum Gasteiger partial charge on any atom is -0.508 e. The fourth-order valence-corrected chi connectivity index (χ4v) is 2.26. The lowest BCUT2D eigenvalue weighted by atomic mass is 9.79. The van der Waals surface area contributed by atoms with Gasteiger partial charge < -0.3 is 5.11 Å². The largest absolute Gasteiger partial charge is 0.508 e. The molecular formula is C13H19ClO. The lowest BCUT2D eigenvalue weighted by Gasteiger charge is -2.29. The number of phenols is 1. The van der Waals surface area contributed by atoms with Crippen LogP contribution >= 0.6 is 11.6 Å². The monoisotopic (exact) mass is 226 g/mol.